The van der Waals surface area contributed by atoms with E-state index in [1.54, 1.807) is 0 Å². The summed E-state index contributed by atoms with van der Waals surface area (Å²) < 4.78 is 2.44. The van der Waals surface area contributed by atoms with Crippen LogP contribution in [0.2, 0.25) is 0 Å². The van der Waals surface area contributed by atoms with Crippen molar-refractivity contribution < 1.29 is 0 Å². The second-order valence-corrected chi connectivity index (χ2v) is 13.2. The molecule has 0 radical (unpaired) electrons. The second kappa shape index (κ2) is 10.0. The van der Waals surface area contributed by atoms with Gasteiger partial charge in [-0.2, -0.15) is 0 Å². The Morgan fingerprint density at radius 3 is 1.22 bits per heavy atom. The molecule has 1 aromatic heterocycles. The van der Waals surface area contributed by atoms with Crippen LogP contribution in [0.15, 0.2) is 176 Å². The van der Waals surface area contributed by atoms with Crippen LogP contribution >= 0.6 is 0 Å². The molecular formula is C48H29N. The van der Waals surface area contributed by atoms with Gasteiger partial charge in [-0.05, 0) is 94.6 Å². The molecule has 0 atom stereocenters. The van der Waals surface area contributed by atoms with Crippen LogP contribution in [0.1, 0.15) is 0 Å². The summed E-state index contributed by atoms with van der Waals surface area (Å²) in [6, 6.07) is 65.0. The van der Waals surface area contributed by atoms with Crippen molar-refractivity contribution >= 4 is 86.4 Å². The Labute approximate surface area is 282 Å². The molecule has 0 amide bonds. The smallest absolute Gasteiger partial charge is 0.0541 e. The summed E-state index contributed by atoms with van der Waals surface area (Å²) in [7, 11) is 0. The zero-order valence-corrected chi connectivity index (χ0v) is 26.7. The minimum Gasteiger partial charge on any atom is -0.309 e. The van der Waals surface area contributed by atoms with Crippen LogP contribution in [0.25, 0.3) is 103 Å². The largest absolute Gasteiger partial charge is 0.309 e. The minimum absolute atomic E-state index is 1.20. The first kappa shape index (κ1) is 26.6. The van der Waals surface area contributed by atoms with Crippen LogP contribution < -0.4 is 0 Å². The van der Waals surface area contributed by atoms with Crippen molar-refractivity contribution in [2.24, 2.45) is 0 Å². The molecule has 1 heteroatoms. The summed E-state index contributed by atoms with van der Waals surface area (Å²) in [6.45, 7) is 0. The summed E-state index contributed by atoms with van der Waals surface area (Å²) in [6.07, 6.45) is 0. The van der Waals surface area contributed by atoms with Gasteiger partial charge in [-0.25, -0.2) is 0 Å². The Balaban J connectivity index is 1.22. The van der Waals surface area contributed by atoms with Gasteiger partial charge < -0.3 is 4.57 Å². The van der Waals surface area contributed by atoms with E-state index in [2.05, 4.69) is 180 Å². The van der Waals surface area contributed by atoms with Crippen molar-refractivity contribution in [1.29, 1.82) is 0 Å². The summed E-state index contributed by atoms with van der Waals surface area (Å²) in [5, 5.41) is 18.1. The lowest BCUT2D eigenvalue weighted by atomic mass is 9.86. The average Bonchev–Trinajstić information content (AvgIpc) is 3.51. The number of hydrogen-bond acceptors (Lipinski definition) is 0. The van der Waals surface area contributed by atoms with Crippen molar-refractivity contribution in [3.8, 4) is 16.8 Å². The molecule has 226 valence electrons. The fraction of sp³-hybridized carbons (Fsp3) is 0. The summed E-state index contributed by atoms with van der Waals surface area (Å²) >= 11 is 0. The SMILES string of the molecule is c1ccc2c(-n3c4ccccc4c4ccccc43)ccc(-c3ccc4c(c3)c3ccccc3c3c5ccccc5c5ccccc5c43)c2c1. The zero-order chi connectivity index (χ0) is 32.1. The van der Waals surface area contributed by atoms with Crippen LogP contribution in [-0.4, -0.2) is 4.57 Å². The van der Waals surface area contributed by atoms with Crippen molar-refractivity contribution in [2.45, 2.75) is 0 Å². The molecule has 0 fully saturated rings. The molecule has 0 bridgehead atoms. The van der Waals surface area contributed by atoms with E-state index < -0.39 is 0 Å². The van der Waals surface area contributed by atoms with Gasteiger partial charge in [0.05, 0.1) is 16.7 Å². The number of aromatic nitrogens is 1. The summed E-state index contributed by atoms with van der Waals surface area (Å²) in [4.78, 5) is 0. The molecule has 0 spiro atoms. The van der Waals surface area contributed by atoms with Crippen molar-refractivity contribution in [2.75, 3.05) is 0 Å². The normalized spacial score (nSPS) is 12.1. The Kier molecular flexibility index (Phi) is 5.45. The Bertz CT molecular complexity index is 3110. The molecular weight excluding hydrogens is 591 g/mol. The van der Waals surface area contributed by atoms with Crippen molar-refractivity contribution in [3.63, 3.8) is 0 Å². The van der Waals surface area contributed by atoms with Gasteiger partial charge >= 0.3 is 0 Å². The predicted molar refractivity (Wildman–Crippen MR) is 211 cm³/mol. The van der Waals surface area contributed by atoms with Gasteiger partial charge in [-0.1, -0.05) is 152 Å². The van der Waals surface area contributed by atoms with Gasteiger partial charge in [0.25, 0.3) is 0 Å². The van der Waals surface area contributed by atoms with Crippen LogP contribution in [0.3, 0.4) is 0 Å². The molecule has 49 heavy (non-hydrogen) atoms. The van der Waals surface area contributed by atoms with Crippen LogP contribution in [0.5, 0.6) is 0 Å². The Hall–Kier alpha value is -6.44. The molecule has 0 aliphatic rings. The van der Waals surface area contributed by atoms with Crippen molar-refractivity contribution in [1.82, 2.24) is 4.57 Å². The van der Waals surface area contributed by atoms with E-state index >= 15 is 0 Å². The first-order chi connectivity index (χ1) is 24.3. The van der Waals surface area contributed by atoms with Crippen LogP contribution in [-0.2, 0) is 0 Å². The zero-order valence-electron chi connectivity index (χ0n) is 26.7. The third kappa shape index (κ3) is 3.65. The number of benzene rings is 10. The lowest BCUT2D eigenvalue weighted by Crippen LogP contribution is -1.96. The molecule has 1 nitrogen and oxygen atoms in total. The number of nitrogens with zero attached hydrogens (tertiary/aromatic N) is 1. The fourth-order valence-corrected chi connectivity index (χ4v) is 8.70. The second-order valence-electron chi connectivity index (χ2n) is 13.2. The highest BCUT2D eigenvalue weighted by atomic mass is 15.0. The van der Waals surface area contributed by atoms with Crippen LogP contribution in [0.4, 0.5) is 0 Å². The van der Waals surface area contributed by atoms with E-state index in [-0.39, 0.29) is 0 Å². The average molecular weight is 620 g/mol. The van der Waals surface area contributed by atoms with Gasteiger partial charge in [-0.15, -0.1) is 0 Å². The highest BCUT2D eigenvalue weighted by Gasteiger charge is 2.18. The van der Waals surface area contributed by atoms with Gasteiger partial charge in [0.1, 0.15) is 0 Å². The first-order valence-electron chi connectivity index (χ1n) is 17.0. The molecule has 10 aromatic carbocycles. The first-order valence-corrected chi connectivity index (χ1v) is 17.0. The highest BCUT2D eigenvalue weighted by Crippen LogP contribution is 2.45. The number of para-hydroxylation sites is 2. The Morgan fingerprint density at radius 1 is 0.265 bits per heavy atom. The van der Waals surface area contributed by atoms with Crippen molar-refractivity contribution in [3.05, 3.63) is 176 Å². The van der Waals surface area contributed by atoms with E-state index in [9.17, 15) is 0 Å². The number of fused-ring (bicyclic) bond motifs is 15. The van der Waals surface area contributed by atoms with E-state index in [0.29, 0.717) is 0 Å². The number of hydrogen-bond donors (Lipinski definition) is 0. The minimum atomic E-state index is 1.20. The predicted octanol–water partition coefficient (Wildman–Crippen LogP) is 13.4. The fourth-order valence-electron chi connectivity index (χ4n) is 8.70. The van der Waals surface area contributed by atoms with E-state index in [1.807, 2.05) is 0 Å². The topological polar surface area (TPSA) is 4.93 Å². The third-order valence-corrected chi connectivity index (χ3v) is 10.7. The van der Waals surface area contributed by atoms with Crippen LogP contribution in [0, 0.1) is 0 Å². The molecule has 0 N–H and O–H groups in total. The summed E-state index contributed by atoms with van der Waals surface area (Å²) in [5.74, 6) is 0. The maximum Gasteiger partial charge on any atom is 0.0541 e. The molecule has 11 aromatic rings. The van der Waals surface area contributed by atoms with Gasteiger partial charge in [-0.3, -0.25) is 0 Å². The van der Waals surface area contributed by atoms with E-state index in [0.717, 1.165) is 0 Å². The van der Waals surface area contributed by atoms with E-state index in [1.165, 1.54) is 103 Å². The lowest BCUT2D eigenvalue weighted by Gasteiger charge is -2.18. The molecule has 0 aliphatic heterocycles. The van der Waals surface area contributed by atoms with Gasteiger partial charge in [0, 0.05) is 16.2 Å². The third-order valence-electron chi connectivity index (χ3n) is 10.7. The van der Waals surface area contributed by atoms with Gasteiger partial charge in [0.15, 0.2) is 0 Å². The maximum absolute atomic E-state index is 2.44. The lowest BCUT2D eigenvalue weighted by molar-refractivity contribution is 1.20. The quantitative estimate of drug-likeness (QED) is 0.170. The summed E-state index contributed by atoms with van der Waals surface area (Å²) in [5.41, 5.74) is 6.13. The van der Waals surface area contributed by atoms with Gasteiger partial charge in [0.2, 0.25) is 0 Å². The van der Waals surface area contributed by atoms with E-state index in [4.69, 9.17) is 0 Å². The highest BCUT2D eigenvalue weighted by molar-refractivity contribution is 6.39. The monoisotopic (exact) mass is 619 g/mol. The molecule has 0 aliphatic carbocycles. The Morgan fingerprint density at radius 2 is 0.673 bits per heavy atom. The molecule has 0 unspecified atom stereocenters. The molecule has 11 rings (SSSR count). The maximum atomic E-state index is 2.44. The molecule has 0 saturated carbocycles. The standard InChI is InChI=1S/C48H29N/c1-5-17-36-32(13-1)31(27-28-46(36)49-44-23-11-9-18-37(44)38-19-10-12-24-45(38)49)30-25-26-42-43(29-30)35-16-4-8-22-41(35)47-39-20-6-2-14-33(39)34-15-3-7-21-40(34)48(42)47/h1-29H. The number of rotatable bonds is 2. The molecule has 1 heterocycles. The molecule has 0 saturated heterocycles.